The second-order valence-electron chi connectivity index (χ2n) is 6.81. The van der Waals surface area contributed by atoms with Crippen LogP contribution in [0.1, 0.15) is 51.9 Å². The van der Waals surface area contributed by atoms with Crippen molar-refractivity contribution in [3.8, 4) is 0 Å². The van der Waals surface area contributed by atoms with E-state index < -0.39 is 0 Å². The van der Waals surface area contributed by atoms with Crippen molar-refractivity contribution in [1.29, 1.82) is 0 Å². The molecule has 3 rings (SSSR count). The monoisotopic (exact) mass is 262 g/mol. The topological polar surface area (TPSA) is 6.48 Å². The lowest BCUT2D eigenvalue weighted by Crippen LogP contribution is -2.60. The highest BCUT2D eigenvalue weighted by Crippen LogP contribution is 2.28. The van der Waals surface area contributed by atoms with Gasteiger partial charge in [-0.05, 0) is 51.0 Å². The van der Waals surface area contributed by atoms with Crippen molar-refractivity contribution in [3.05, 3.63) is 12.2 Å². The Kier molecular flexibility index (Phi) is 4.60. The SMILES string of the molecule is CCC1CN2CCCCC2CN1CC1CC=CCC1. The van der Waals surface area contributed by atoms with Gasteiger partial charge in [-0.3, -0.25) is 9.80 Å². The van der Waals surface area contributed by atoms with E-state index in [4.69, 9.17) is 0 Å². The summed E-state index contributed by atoms with van der Waals surface area (Å²) in [7, 11) is 0. The maximum absolute atomic E-state index is 2.84. The molecule has 0 saturated carbocycles. The molecule has 3 aliphatic rings. The van der Waals surface area contributed by atoms with Crippen LogP contribution in [-0.4, -0.2) is 48.1 Å². The van der Waals surface area contributed by atoms with Crippen molar-refractivity contribution < 1.29 is 0 Å². The molecular formula is C17H30N2. The summed E-state index contributed by atoms with van der Waals surface area (Å²) in [6.07, 6.45) is 14.5. The Bertz CT molecular complexity index is 312. The molecule has 0 aromatic rings. The zero-order valence-electron chi connectivity index (χ0n) is 12.6. The second kappa shape index (κ2) is 6.41. The van der Waals surface area contributed by atoms with E-state index in [1.165, 1.54) is 71.1 Å². The summed E-state index contributed by atoms with van der Waals surface area (Å²) in [5.74, 6) is 0.925. The van der Waals surface area contributed by atoms with Crippen LogP contribution in [0.25, 0.3) is 0 Å². The third-order valence-corrected chi connectivity index (χ3v) is 5.50. The Morgan fingerprint density at radius 1 is 1.11 bits per heavy atom. The van der Waals surface area contributed by atoms with Crippen LogP contribution in [0.5, 0.6) is 0 Å². The smallest absolute Gasteiger partial charge is 0.0223 e. The fourth-order valence-electron chi connectivity index (χ4n) is 4.28. The van der Waals surface area contributed by atoms with Crippen molar-refractivity contribution in [2.45, 2.75) is 64.0 Å². The number of fused-ring (bicyclic) bond motifs is 1. The molecule has 0 bridgehead atoms. The molecule has 2 aliphatic heterocycles. The molecule has 2 heterocycles. The minimum absolute atomic E-state index is 0.820. The molecule has 0 aromatic carbocycles. The van der Waals surface area contributed by atoms with Crippen LogP contribution in [0, 0.1) is 5.92 Å². The van der Waals surface area contributed by atoms with Crippen LogP contribution >= 0.6 is 0 Å². The number of hydrogen-bond acceptors (Lipinski definition) is 2. The van der Waals surface area contributed by atoms with Gasteiger partial charge in [0.2, 0.25) is 0 Å². The molecule has 3 atom stereocenters. The molecule has 2 heteroatoms. The highest BCUT2D eigenvalue weighted by atomic mass is 15.3. The van der Waals surface area contributed by atoms with Gasteiger partial charge >= 0.3 is 0 Å². The first kappa shape index (κ1) is 13.6. The highest BCUT2D eigenvalue weighted by molar-refractivity contribution is 4.94. The van der Waals surface area contributed by atoms with Crippen LogP contribution in [-0.2, 0) is 0 Å². The number of rotatable bonds is 3. The third-order valence-electron chi connectivity index (χ3n) is 5.50. The van der Waals surface area contributed by atoms with E-state index in [0.717, 1.165) is 18.0 Å². The van der Waals surface area contributed by atoms with Crippen molar-refractivity contribution >= 4 is 0 Å². The van der Waals surface area contributed by atoms with Gasteiger partial charge in [-0.15, -0.1) is 0 Å². The molecule has 3 unspecified atom stereocenters. The second-order valence-corrected chi connectivity index (χ2v) is 6.81. The zero-order valence-corrected chi connectivity index (χ0v) is 12.6. The maximum atomic E-state index is 2.84. The Morgan fingerprint density at radius 3 is 2.84 bits per heavy atom. The predicted molar refractivity (Wildman–Crippen MR) is 81.3 cm³/mol. The molecule has 1 aliphatic carbocycles. The van der Waals surface area contributed by atoms with E-state index >= 15 is 0 Å². The normalized spacial score (nSPS) is 37.2. The third kappa shape index (κ3) is 3.22. The Balaban J connectivity index is 1.60. The lowest BCUT2D eigenvalue weighted by atomic mass is 9.91. The standard InChI is InChI=1S/C17H30N2/c1-2-16-13-18-11-7-6-10-17(18)14-19(16)12-15-8-4-3-5-9-15/h3-4,15-17H,2,5-14H2,1H3. The van der Waals surface area contributed by atoms with Gasteiger partial charge in [0.15, 0.2) is 0 Å². The zero-order chi connectivity index (χ0) is 13.1. The molecule has 0 amide bonds. The first-order valence-corrected chi connectivity index (χ1v) is 8.50. The Labute approximate surface area is 118 Å². The molecular weight excluding hydrogens is 232 g/mol. The number of piperazine rings is 1. The van der Waals surface area contributed by atoms with Gasteiger partial charge in [-0.2, -0.15) is 0 Å². The van der Waals surface area contributed by atoms with Gasteiger partial charge < -0.3 is 0 Å². The van der Waals surface area contributed by atoms with Crippen molar-refractivity contribution in [2.75, 3.05) is 26.2 Å². The van der Waals surface area contributed by atoms with Crippen LogP contribution < -0.4 is 0 Å². The minimum Gasteiger partial charge on any atom is -0.298 e. The molecule has 19 heavy (non-hydrogen) atoms. The first-order valence-electron chi connectivity index (χ1n) is 8.50. The maximum Gasteiger partial charge on any atom is 0.0223 e. The molecule has 0 aromatic heterocycles. The van der Waals surface area contributed by atoms with E-state index in [9.17, 15) is 0 Å². The summed E-state index contributed by atoms with van der Waals surface area (Å²) in [6, 6.07) is 1.69. The van der Waals surface area contributed by atoms with Gasteiger partial charge in [0, 0.05) is 31.7 Å². The average molecular weight is 262 g/mol. The molecule has 2 nitrogen and oxygen atoms in total. The Hall–Kier alpha value is -0.340. The molecule has 2 fully saturated rings. The summed E-state index contributed by atoms with van der Waals surface area (Å²) in [5.41, 5.74) is 0. The summed E-state index contributed by atoms with van der Waals surface area (Å²) in [6.45, 7) is 7.78. The summed E-state index contributed by atoms with van der Waals surface area (Å²) in [5, 5.41) is 0. The highest BCUT2D eigenvalue weighted by Gasteiger charge is 2.34. The van der Waals surface area contributed by atoms with Crippen LogP contribution in [0.3, 0.4) is 0 Å². The van der Waals surface area contributed by atoms with E-state index in [1.54, 1.807) is 0 Å². The van der Waals surface area contributed by atoms with Gasteiger partial charge in [0.1, 0.15) is 0 Å². The average Bonchev–Trinajstić information content (AvgIpc) is 2.47. The van der Waals surface area contributed by atoms with Crippen molar-refractivity contribution in [2.24, 2.45) is 5.92 Å². The summed E-state index contributed by atoms with van der Waals surface area (Å²) >= 11 is 0. The van der Waals surface area contributed by atoms with Crippen LogP contribution in [0.2, 0.25) is 0 Å². The molecule has 2 saturated heterocycles. The lowest BCUT2D eigenvalue weighted by molar-refractivity contribution is -0.000534. The molecule has 0 radical (unpaired) electrons. The van der Waals surface area contributed by atoms with E-state index in [0.29, 0.717) is 0 Å². The van der Waals surface area contributed by atoms with Crippen molar-refractivity contribution in [1.82, 2.24) is 9.80 Å². The van der Waals surface area contributed by atoms with Crippen LogP contribution in [0.15, 0.2) is 12.2 Å². The largest absolute Gasteiger partial charge is 0.298 e. The van der Waals surface area contributed by atoms with Gasteiger partial charge in [-0.25, -0.2) is 0 Å². The minimum atomic E-state index is 0.820. The molecule has 0 spiro atoms. The number of piperidine rings is 1. The fraction of sp³-hybridized carbons (Fsp3) is 0.882. The quantitative estimate of drug-likeness (QED) is 0.720. The number of allylic oxidation sites excluding steroid dienone is 2. The van der Waals surface area contributed by atoms with E-state index in [-0.39, 0.29) is 0 Å². The van der Waals surface area contributed by atoms with E-state index in [2.05, 4.69) is 28.9 Å². The molecule has 0 N–H and O–H groups in total. The summed E-state index contributed by atoms with van der Waals surface area (Å²) < 4.78 is 0. The Morgan fingerprint density at radius 2 is 2.05 bits per heavy atom. The fourth-order valence-corrected chi connectivity index (χ4v) is 4.28. The molecule has 108 valence electrons. The first-order chi connectivity index (χ1) is 9.36. The van der Waals surface area contributed by atoms with Crippen LogP contribution in [0.4, 0.5) is 0 Å². The van der Waals surface area contributed by atoms with Gasteiger partial charge in [-0.1, -0.05) is 25.5 Å². The predicted octanol–water partition coefficient (Wildman–Crippen LogP) is 3.29. The summed E-state index contributed by atoms with van der Waals surface area (Å²) in [4.78, 5) is 5.63. The van der Waals surface area contributed by atoms with Crippen molar-refractivity contribution in [3.63, 3.8) is 0 Å². The lowest BCUT2D eigenvalue weighted by Gasteiger charge is -2.49. The van der Waals surface area contributed by atoms with Gasteiger partial charge in [0.05, 0.1) is 0 Å². The number of nitrogens with zero attached hydrogens (tertiary/aromatic N) is 2. The van der Waals surface area contributed by atoms with Gasteiger partial charge in [0.25, 0.3) is 0 Å². The van der Waals surface area contributed by atoms with E-state index in [1.807, 2.05) is 0 Å². The number of hydrogen-bond donors (Lipinski definition) is 0.